The molecule has 1 heterocycles. The lowest BCUT2D eigenvalue weighted by Crippen LogP contribution is -2.28. The van der Waals surface area contributed by atoms with Gasteiger partial charge in [-0.3, -0.25) is 0 Å². The second kappa shape index (κ2) is 7.29. The molecule has 1 aromatic carbocycles. The van der Waals surface area contributed by atoms with Crippen LogP contribution in [-0.4, -0.2) is 19.1 Å². The van der Waals surface area contributed by atoms with Crippen LogP contribution in [0.1, 0.15) is 28.6 Å². The minimum Gasteiger partial charge on any atom is -0.463 e. The Morgan fingerprint density at radius 1 is 1.43 bits per heavy atom. The van der Waals surface area contributed by atoms with E-state index in [4.69, 9.17) is 16.0 Å². The number of hydrogen-bond acceptors (Lipinski definition) is 4. The van der Waals surface area contributed by atoms with Gasteiger partial charge >= 0.3 is 5.97 Å². The molecule has 21 heavy (non-hydrogen) atoms. The number of methoxy groups -OCH3 is 1. The molecule has 0 saturated carbocycles. The number of nitrogens with one attached hydrogen (secondary N) is 1. The maximum absolute atomic E-state index is 11.5. The fourth-order valence-corrected chi connectivity index (χ4v) is 2.33. The van der Waals surface area contributed by atoms with Crippen molar-refractivity contribution in [3.05, 3.63) is 58.5 Å². The normalized spacial score (nSPS) is 12.1. The summed E-state index contributed by atoms with van der Waals surface area (Å²) < 4.78 is 9.83. The van der Waals surface area contributed by atoms with E-state index in [-0.39, 0.29) is 11.8 Å². The van der Waals surface area contributed by atoms with Crippen LogP contribution in [0.3, 0.4) is 0 Å². The Morgan fingerprint density at radius 2 is 2.24 bits per heavy atom. The summed E-state index contributed by atoms with van der Waals surface area (Å²) in [4.78, 5) is 11.5. The lowest BCUT2D eigenvalue weighted by atomic mass is 10.1. The summed E-state index contributed by atoms with van der Waals surface area (Å²) >= 11 is 5.97. The Bertz CT molecular complexity index is 609. The van der Waals surface area contributed by atoms with E-state index < -0.39 is 5.97 Å². The summed E-state index contributed by atoms with van der Waals surface area (Å²) in [6, 6.07) is 9.81. The highest BCUT2D eigenvalue weighted by molar-refractivity contribution is 6.30. The Morgan fingerprint density at radius 3 is 2.95 bits per heavy atom. The number of furan rings is 1. The van der Waals surface area contributed by atoms with E-state index in [9.17, 15) is 4.79 Å². The topological polar surface area (TPSA) is 51.5 Å². The molecule has 1 aromatic heterocycles. The SMILES string of the molecule is COC(=O)c1occc1CNC(C)Cc1cccc(Cl)c1. The summed E-state index contributed by atoms with van der Waals surface area (Å²) in [5.41, 5.74) is 1.96. The zero-order valence-corrected chi connectivity index (χ0v) is 12.8. The Balaban J connectivity index is 1.91. The third kappa shape index (κ3) is 4.34. The van der Waals surface area contributed by atoms with Gasteiger partial charge in [0.1, 0.15) is 0 Å². The molecule has 0 aliphatic carbocycles. The number of halogens is 1. The smallest absolute Gasteiger partial charge is 0.374 e. The summed E-state index contributed by atoms with van der Waals surface area (Å²) in [6.45, 7) is 2.63. The van der Waals surface area contributed by atoms with Crippen molar-refractivity contribution in [3.8, 4) is 0 Å². The van der Waals surface area contributed by atoms with Crippen molar-refractivity contribution in [1.82, 2.24) is 5.32 Å². The maximum atomic E-state index is 11.5. The van der Waals surface area contributed by atoms with Crippen LogP contribution < -0.4 is 5.32 Å². The molecule has 5 heteroatoms. The predicted octanol–water partition coefficient (Wildman–Crippen LogP) is 3.44. The van der Waals surface area contributed by atoms with Crippen LogP contribution in [0.15, 0.2) is 41.0 Å². The molecule has 0 aliphatic rings. The van der Waals surface area contributed by atoms with Crippen LogP contribution in [0, 0.1) is 0 Å². The summed E-state index contributed by atoms with van der Waals surface area (Å²) in [5.74, 6) is -0.209. The lowest BCUT2D eigenvalue weighted by Gasteiger charge is -2.13. The first kappa shape index (κ1) is 15.6. The minimum atomic E-state index is -0.459. The monoisotopic (exact) mass is 307 g/mol. The first-order chi connectivity index (χ1) is 10.1. The lowest BCUT2D eigenvalue weighted by molar-refractivity contribution is 0.0563. The number of benzene rings is 1. The van der Waals surface area contributed by atoms with Crippen molar-refractivity contribution in [2.45, 2.75) is 25.9 Å². The Labute approximate surface area is 129 Å². The molecule has 1 unspecified atom stereocenters. The molecule has 0 spiro atoms. The molecular weight excluding hydrogens is 290 g/mol. The van der Waals surface area contributed by atoms with Gasteiger partial charge in [-0.05, 0) is 37.1 Å². The van der Waals surface area contributed by atoms with E-state index in [0.29, 0.717) is 6.54 Å². The van der Waals surface area contributed by atoms with Gasteiger partial charge < -0.3 is 14.5 Å². The van der Waals surface area contributed by atoms with Crippen LogP contribution in [0.4, 0.5) is 0 Å². The summed E-state index contributed by atoms with van der Waals surface area (Å²) in [5, 5.41) is 4.10. The molecule has 4 nitrogen and oxygen atoms in total. The van der Waals surface area contributed by atoms with Crippen LogP contribution in [0.25, 0.3) is 0 Å². The largest absolute Gasteiger partial charge is 0.463 e. The quantitative estimate of drug-likeness (QED) is 0.831. The van der Waals surface area contributed by atoms with Crippen LogP contribution in [-0.2, 0) is 17.7 Å². The average Bonchev–Trinajstić information content (AvgIpc) is 2.92. The first-order valence-electron chi connectivity index (χ1n) is 6.72. The third-order valence-electron chi connectivity index (χ3n) is 3.19. The summed E-state index contributed by atoms with van der Waals surface area (Å²) in [6.07, 6.45) is 2.34. The number of carbonyl (C=O) groups is 1. The van der Waals surface area contributed by atoms with E-state index in [1.54, 1.807) is 6.07 Å². The van der Waals surface area contributed by atoms with Crippen LogP contribution >= 0.6 is 11.6 Å². The minimum absolute atomic E-state index is 0.240. The van der Waals surface area contributed by atoms with Gasteiger partial charge in [0.25, 0.3) is 0 Å². The van der Waals surface area contributed by atoms with Crippen molar-refractivity contribution in [3.63, 3.8) is 0 Å². The van der Waals surface area contributed by atoms with Gasteiger partial charge in [0.2, 0.25) is 5.76 Å². The zero-order chi connectivity index (χ0) is 15.2. The van der Waals surface area contributed by atoms with Crippen LogP contribution in [0.2, 0.25) is 5.02 Å². The van der Waals surface area contributed by atoms with Crippen molar-refractivity contribution in [2.75, 3.05) is 7.11 Å². The molecule has 0 fully saturated rings. The highest BCUT2D eigenvalue weighted by Crippen LogP contribution is 2.14. The van der Waals surface area contributed by atoms with Crippen LogP contribution in [0.5, 0.6) is 0 Å². The Kier molecular flexibility index (Phi) is 5.42. The van der Waals surface area contributed by atoms with Crippen molar-refractivity contribution < 1.29 is 13.9 Å². The van der Waals surface area contributed by atoms with Gasteiger partial charge in [-0.25, -0.2) is 4.79 Å². The number of ether oxygens (including phenoxy) is 1. The Hall–Kier alpha value is -1.78. The van der Waals surface area contributed by atoms with Gasteiger partial charge in [-0.1, -0.05) is 23.7 Å². The van der Waals surface area contributed by atoms with E-state index in [2.05, 4.69) is 17.0 Å². The molecule has 0 saturated heterocycles. The molecule has 0 aliphatic heterocycles. The highest BCUT2D eigenvalue weighted by Gasteiger charge is 2.16. The van der Waals surface area contributed by atoms with Crippen molar-refractivity contribution >= 4 is 17.6 Å². The highest BCUT2D eigenvalue weighted by atomic mass is 35.5. The van der Waals surface area contributed by atoms with E-state index in [1.807, 2.05) is 24.3 Å². The third-order valence-corrected chi connectivity index (χ3v) is 3.42. The molecule has 1 N–H and O–H groups in total. The molecule has 0 radical (unpaired) electrons. The number of hydrogen-bond donors (Lipinski definition) is 1. The first-order valence-corrected chi connectivity index (χ1v) is 7.10. The van der Waals surface area contributed by atoms with E-state index >= 15 is 0 Å². The molecule has 112 valence electrons. The van der Waals surface area contributed by atoms with E-state index in [0.717, 1.165) is 17.0 Å². The van der Waals surface area contributed by atoms with Crippen molar-refractivity contribution in [2.24, 2.45) is 0 Å². The van der Waals surface area contributed by atoms with Crippen molar-refractivity contribution in [1.29, 1.82) is 0 Å². The van der Waals surface area contributed by atoms with E-state index in [1.165, 1.54) is 18.9 Å². The molecule has 2 rings (SSSR count). The van der Waals surface area contributed by atoms with Gasteiger partial charge in [0.05, 0.1) is 13.4 Å². The standard InChI is InChI=1S/C16H18ClNO3/c1-11(8-12-4-3-5-14(17)9-12)18-10-13-6-7-21-15(13)16(19)20-2/h3-7,9,11,18H,8,10H2,1-2H3. The second-order valence-corrected chi connectivity index (χ2v) is 5.32. The number of carbonyl (C=O) groups excluding carboxylic acids is 1. The fraction of sp³-hybridized carbons (Fsp3) is 0.312. The average molecular weight is 308 g/mol. The number of rotatable bonds is 6. The second-order valence-electron chi connectivity index (χ2n) is 4.88. The maximum Gasteiger partial charge on any atom is 0.374 e. The van der Waals surface area contributed by atoms with Gasteiger partial charge in [-0.15, -0.1) is 0 Å². The molecular formula is C16H18ClNO3. The molecule has 0 amide bonds. The summed E-state index contributed by atoms with van der Waals surface area (Å²) in [7, 11) is 1.34. The molecule has 2 aromatic rings. The predicted molar refractivity (Wildman–Crippen MR) is 81.5 cm³/mol. The van der Waals surface area contributed by atoms with Gasteiger partial charge in [0.15, 0.2) is 0 Å². The number of esters is 1. The zero-order valence-electron chi connectivity index (χ0n) is 12.1. The molecule has 0 bridgehead atoms. The fourth-order valence-electron chi connectivity index (χ4n) is 2.12. The molecule has 1 atom stereocenters. The van der Waals surface area contributed by atoms with Gasteiger partial charge in [0, 0.05) is 23.2 Å². The van der Waals surface area contributed by atoms with Gasteiger partial charge in [-0.2, -0.15) is 0 Å².